The fourth-order valence-corrected chi connectivity index (χ4v) is 4.49. The Hall–Kier alpha value is -3.82. The monoisotopic (exact) mass is 449 g/mol. The van der Waals surface area contributed by atoms with E-state index < -0.39 is 27.7 Å². The summed E-state index contributed by atoms with van der Waals surface area (Å²) in [5, 5.41) is 4.83. The van der Waals surface area contributed by atoms with Crippen LogP contribution in [0, 0.1) is 0 Å². The third-order valence-electron chi connectivity index (χ3n) is 5.07. The highest BCUT2D eigenvalue weighted by atomic mass is 32.2. The van der Waals surface area contributed by atoms with Crippen LogP contribution in [0.4, 0.5) is 5.69 Å². The Kier molecular flexibility index (Phi) is 5.60. The normalized spacial score (nSPS) is 13.1. The molecule has 0 saturated heterocycles. The minimum Gasteiger partial charge on any atom is -0.322 e. The molecule has 3 amide bonds. The fraction of sp³-hybridized carbons (Fsp3) is 0.0870. The first-order valence-electron chi connectivity index (χ1n) is 9.67. The maximum absolute atomic E-state index is 12.8. The van der Waals surface area contributed by atoms with Gasteiger partial charge < -0.3 is 5.32 Å². The van der Waals surface area contributed by atoms with Crippen molar-refractivity contribution in [3.05, 3.63) is 95.1 Å². The molecule has 0 spiro atoms. The zero-order valence-corrected chi connectivity index (χ0v) is 17.8. The highest BCUT2D eigenvalue weighted by Gasteiger charge is 2.27. The zero-order chi connectivity index (χ0) is 22.9. The van der Waals surface area contributed by atoms with Gasteiger partial charge in [0.25, 0.3) is 17.7 Å². The van der Waals surface area contributed by atoms with Gasteiger partial charge in [0, 0.05) is 24.8 Å². The van der Waals surface area contributed by atoms with E-state index in [2.05, 4.69) is 10.6 Å². The van der Waals surface area contributed by atoms with Crippen LogP contribution in [0.15, 0.2) is 77.7 Å². The number of nitrogens with zero attached hydrogens (tertiary/aromatic N) is 1. The van der Waals surface area contributed by atoms with Crippen molar-refractivity contribution in [3.8, 4) is 0 Å². The minimum absolute atomic E-state index is 0.0696. The SMILES string of the molecule is CN(Cc1ccccc1)S(=O)(=O)c1ccc(C(=O)Nc2ccc3c(c2)C(=O)NC3=O)cc1. The molecule has 1 aliphatic heterocycles. The third kappa shape index (κ3) is 4.16. The molecule has 3 aromatic carbocycles. The van der Waals surface area contributed by atoms with Gasteiger partial charge in [-0.25, -0.2) is 8.42 Å². The van der Waals surface area contributed by atoms with Crippen molar-refractivity contribution in [2.75, 3.05) is 12.4 Å². The number of amides is 3. The lowest BCUT2D eigenvalue weighted by Gasteiger charge is -2.17. The summed E-state index contributed by atoms with van der Waals surface area (Å²) in [6.45, 7) is 0.222. The molecule has 0 fully saturated rings. The first kappa shape index (κ1) is 21.4. The quantitative estimate of drug-likeness (QED) is 0.562. The molecule has 1 aliphatic rings. The molecule has 9 heteroatoms. The van der Waals surface area contributed by atoms with Crippen LogP contribution < -0.4 is 10.6 Å². The van der Waals surface area contributed by atoms with Gasteiger partial charge in [-0.3, -0.25) is 19.7 Å². The predicted molar refractivity (Wildman–Crippen MR) is 118 cm³/mol. The Bertz CT molecular complexity index is 1320. The zero-order valence-electron chi connectivity index (χ0n) is 17.0. The van der Waals surface area contributed by atoms with Crippen molar-refractivity contribution < 1.29 is 22.8 Å². The molecule has 32 heavy (non-hydrogen) atoms. The van der Waals surface area contributed by atoms with E-state index >= 15 is 0 Å². The summed E-state index contributed by atoms with van der Waals surface area (Å²) in [6, 6.07) is 19.2. The second-order valence-corrected chi connectivity index (χ2v) is 9.31. The number of hydrogen-bond acceptors (Lipinski definition) is 5. The summed E-state index contributed by atoms with van der Waals surface area (Å²) >= 11 is 0. The summed E-state index contributed by atoms with van der Waals surface area (Å²) in [5.41, 5.74) is 1.89. The van der Waals surface area contributed by atoms with Crippen molar-refractivity contribution in [2.24, 2.45) is 0 Å². The van der Waals surface area contributed by atoms with Gasteiger partial charge in [-0.15, -0.1) is 0 Å². The Morgan fingerprint density at radius 2 is 1.56 bits per heavy atom. The molecule has 0 aromatic heterocycles. The molecule has 0 radical (unpaired) electrons. The third-order valence-corrected chi connectivity index (χ3v) is 6.88. The van der Waals surface area contributed by atoms with Crippen molar-refractivity contribution in [3.63, 3.8) is 0 Å². The van der Waals surface area contributed by atoms with Crippen LogP contribution in [0.25, 0.3) is 0 Å². The highest BCUT2D eigenvalue weighted by molar-refractivity contribution is 7.89. The summed E-state index contributed by atoms with van der Waals surface area (Å²) in [7, 11) is -2.23. The molecular formula is C23H19N3O5S. The lowest BCUT2D eigenvalue weighted by molar-refractivity contribution is 0.0878. The molecule has 0 unspecified atom stereocenters. The van der Waals surface area contributed by atoms with Gasteiger partial charge in [0.1, 0.15) is 0 Å². The van der Waals surface area contributed by atoms with Crippen molar-refractivity contribution in [1.29, 1.82) is 0 Å². The van der Waals surface area contributed by atoms with Crippen LogP contribution >= 0.6 is 0 Å². The molecule has 0 atom stereocenters. The molecule has 0 bridgehead atoms. The second-order valence-electron chi connectivity index (χ2n) is 7.27. The molecule has 1 heterocycles. The van der Waals surface area contributed by atoms with Crippen LogP contribution in [0.3, 0.4) is 0 Å². The molecule has 2 N–H and O–H groups in total. The largest absolute Gasteiger partial charge is 0.322 e. The van der Waals surface area contributed by atoms with Crippen LogP contribution in [0.2, 0.25) is 0 Å². The van der Waals surface area contributed by atoms with E-state index in [0.717, 1.165) is 5.56 Å². The fourth-order valence-electron chi connectivity index (χ4n) is 3.33. The molecular weight excluding hydrogens is 430 g/mol. The van der Waals surface area contributed by atoms with Crippen LogP contribution in [0.1, 0.15) is 36.6 Å². The minimum atomic E-state index is -3.73. The molecule has 0 saturated carbocycles. The van der Waals surface area contributed by atoms with E-state index in [1.165, 1.54) is 53.8 Å². The van der Waals surface area contributed by atoms with E-state index in [0.29, 0.717) is 5.69 Å². The Labute approximate surface area is 184 Å². The Morgan fingerprint density at radius 3 is 2.25 bits per heavy atom. The average molecular weight is 449 g/mol. The molecule has 4 rings (SSSR count). The number of rotatable bonds is 6. The summed E-state index contributed by atoms with van der Waals surface area (Å²) in [5.74, 6) is -1.47. The molecule has 8 nitrogen and oxygen atoms in total. The summed E-state index contributed by atoms with van der Waals surface area (Å²) in [4.78, 5) is 36.0. The van der Waals surface area contributed by atoms with Crippen LogP contribution in [-0.4, -0.2) is 37.5 Å². The van der Waals surface area contributed by atoms with Crippen molar-refractivity contribution >= 4 is 33.4 Å². The van der Waals surface area contributed by atoms with Gasteiger partial charge >= 0.3 is 0 Å². The number of fused-ring (bicyclic) bond motifs is 1. The van der Waals surface area contributed by atoms with E-state index in [4.69, 9.17) is 0 Å². The second kappa shape index (κ2) is 8.37. The van der Waals surface area contributed by atoms with Crippen LogP contribution in [-0.2, 0) is 16.6 Å². The van der Waals surface area contributed by atoms with Crippen LogP contribution in [0.5, 0.6) is 0 Å². The van der Waals surface area contributed by atoms with E-state index in [1.807, 2.05) is 30.3 Å². The van der Waals surface area contributed by atoms with Gasteiger partial charge in [0.2, 0.25) is 10.0 Å². The molecule has 162 valence electrons. The smallest absolute Gasteiger partial charge is 0.259 e. The van der Waals surface area contributed by atoms with Gasteiger partial charge in [0.05, 0.1) is 16.0 Å². The summed E-state index contributed by atoms with van der Waals surface area (Å²) in [6.07, 6.45) is 0. The first-order chi connectivity index (χ1) is 15.3. The van der Waals surface area contributed by atoms with Gasteiger partial charge in [-0.1, -0.05) is 30.3 Å². The number of hydrogen-bond donors (Lipinski definition) is 2. The number of benzene rings is 3. The highest BCUT2D eigenvalue weighted by Crippen LogP contribution is 2.22. The van der Waals surface area contributed by atoms with Gasteiger partial charge in [-0.2, -0.15) is 4.31 Å². The van der Waals surface area contributed by atoms with E-state index in [-0.39, 0.29) is 28.1 Å². The predicted octanol–water partition coefficient (Wildman–Crippen LogP) is 2.64. The maximum Gasteiger partial charge on any atom is 0.259 e. The molecule has 3 aromatic rings. The Balaban J connectivity index is 1.47. The standard InChI is InChI=1S/C23H19N3O5S/c1-26(14-15-5-3-2-4-6-15)32(30,31)18-10-7-16(8-11-18)21(27)24-17-9-12-19-20(13-17)23(29)25-22(19)28/h2-13H,14H2,1H3,(H,24,27)(H,25,28,29). The van der Waals surface area contributed by atoms with Crippen molar-refractivity contribution in [1.82, 2.24) is 9.62 Å². The van der Waals surface area contributed by atoms with Gasteiger partial charge in [0.15, 0.2) is 0 Å². The van der Waals surface area contributed by atoms with Gasteiger partial charge in [-0.05, 0) is 48.0 Å². The first-order valence-corrected chi connectivity index (χ1v) is 11.1. The van der Waals surface area contributed by atoms with Crippen molar-refractivity contribution in [2.45, 2.75) is 11.4 Å². The number of imide groups is 1. The average Bonchev–Trinajstić information content (AvgIpc) is 3.07. The number of nitrogens with one attached hydrogen (secondary N) is 2. The number of sulfonamides is 1. The van der Waals surface area contributed by atoms with E-state index in [9.17, 15) is 22.8 Å². The Morgan fingerprint density at radius 1 is 0.906 bits per heavy atom. The number of carbonyl (C=O) groups excluding carboxylic acids is 3. The van der Waals surface area contributed by atoms with E-state index in [1.54, 1.807) is 0 Å². The lowest BCUT2D eigenvalue weighted by Crippen LogP contribution is -2.26. The topological polar surface area (TPSA) is 113 Å². The number of carbonyl (C=O) groups is 3. The molecule has 0 aliphatic carbocycles. The summed E-state index contributed by atoms with van der Waals surface area (Å²) < 4.78 is 26.9. The maximum atomic E-state index is 12.8. The lowest BCUT2D eigenvalue weighted by atomic mass is 10.1. The number of anilines is 1.